The maximum Gasteiger partial charge on any atom is 0.0623 e. The van der Waals surface area contributed by atoms with E-state index in [-0.39, 0.29) is 11.0 Å². The lowest BCUT2D eigenvalue weighted by molar-refractivity contribution is 0.00766. The molecule has 0 saturated carbocycles. The summed E-state index contributed by atoms with van der Waals surface area (Å²) in [6, 6.07) is 0. The molecular formula is C14H29NO. The average molecular weight is 227 g/mol. The van der Waals surface area contributed by atoms with Crippen molar-refractivity contribution >= 4 is 0 Å². The molecule has 0 aliphatic rings. The van der Waals surface area contributed by atoms with Crippen LogP contribution < -0.4 is 5.32 Å². The Hall–Kier alpha value is -0.340. The maximum atomic E-state index is 5.45. The zero-order chi connectivity index (χ0) is 12.7. The predicted octanol–water partition coefficient (Wildman–Crippen LogP) is 3.38. The highest BCUT2D eigenvalue weighted by Gasteiger charge is 2.25. The van der Waals surface area contributed by atoms with E-state index in [2.05, 4.69) is 45.7 Å². The molecule has 96 valence electrons. The van der Waals surface area contributed by atoms with Crippen LogP contribution in [0.5, 0.6) is 0 Å². The largest absolute Gasteiger partial charge is 0.379 e. The zero-order valence-corrected chi connectivity index (χ0v) is 11.7. The number of hydrogen-bond donors (Lipinski definition) is 1. The van der Waals surface area contributed by atoms with Gasteiger partial charge in [-0.1, -0.05) is 19.9 Å². The molecule has 2 heteroatoms. The molecule has 1 atom stereocenters. The molecule has 1 unspecified atom stereocenters. The van der Waals surface area contributed by atoms with E-state index in [1.165, 1.54) is 6.42 Å². The van der Waals surface area contributed by atoms with E-state index in [1.54, 1.807) is 7.11 Å². The third kappa shape index (κ3) is 6.29. The van der Waals surface area contributed by atoms with Crippen LogP contribution in [0.1, 0.15) is 47.0 Å². The van der Waals surface area contributed by atoms with Crippen molar-refractivity contribution in [2.45, 2.75) is 52.6 Å². The van der Waals surface area contributed by atoms with E-state index in [9.17, 15) is 0 Å². The van der Waals surface area contributed by atoms with Crippen LogP contribution in [-0.4, -0.2) is 25.8 Å². The SMILES string of the molecule is C=CC(C)(CCC(C)(C)OC)CNCCC. The number of rotatable bonds is 9. The van der Waals surface area contributed by atoms with Crippen molar-refractivity contribution < 1.29 is 4.74 Å². The minimum atomic E-state index is -0.0327. The van der Waals surface area contributed by atoms with E-state index in [0.717, 1.165) is 25.9 Å². The van der Waals surface area contributed by atoms with Gasteiger partial charge in [0.2, 0.25) is 0 Å². The number of hydrogen-bond acceptors (Lipinski definition) is 2. The maximum absolute atomic E-state index is 5.45. The zero-order valence-electron chi connectivity index (χ0n) is 11.7. The molecule has 0 aliphatic carbocycles. The minimum absolute atomic E-state index is 0.0327. The Kier molecular flexibility index (Phi) is 6.93. The predicted molar refractivity (Wildman–Crippen MR) is 71.8 cm³/mol. The van der Waals surface area contributed by atoms with Gasteiger partial charge in [0, 0.05) is 13.7 Å². The molecule has 2 nitrogen and oxygen atoms in total. The second kappa shape index (κ2) is 7.08. The number of ether oxygens (including phenoxy) is 1. The molecular weight excluding hydrogens is 198 g/mol. The first kappa shape index (κ1) is 15.7. The van der Waals surface area contributed by atoms with Crippen LogP contribution in [0.3, 0.4) is 0 Å². The Morgan fingerprint density at radius 3 is 2.31 bits per heavy atom. The van der Waals surface area contributed by atoms with E-state index in [0.29, 0.717) is 0 Å². The molecule has 1 N–H and O–H groups in total. The van der Waals surface area contributed by atoms with Gasteiger partial charge < -0.3 is 10.1 Å². The smallest absolute Gasteiger partial charge is 0.0623 e. The van der Waals surface area contributed by atoms with Crippen molar-refractivity contribution in [1.29, 1.82) is 0 Å². The van der Waals surface area contributed by atoms with Crippen LogP contribution >= 0.6 is 0 Å². The van der Waals surface area contributed by atoms with Gasteiger partial charge in [0.1, 0.15) is 0 Å². The standard InChI is InChI=1S/C14H29NO/c1-7-11-15-12-14(5,8-2)10-9-13(3,4)16-6/h8,15H,2,7,9-12H2,1,3-6H3. The fraction of sp³-hybridized carbons (Fsp3) is 0.857. The molecule has 16 heavy (non-hydrogen) atoms. The molecule has 0 aromatic carbocycles. The Labute approximate surface area is 101 Å². The Balaban J connectivity index is 4.10. The van der Waals surface area contributed by atoms with Crippen LogP contribution in [-0.2, 0) is 4.74 Å². The van der Waals surface area contributed by atoms with E-state index in [4.69, 9.17) is 4.74 Å². The summed E-state index contributed by atoms with van der Waals surface area (Å²) in [6.45, 7) is 14.8. The summed E-state index contributed by atoms with van der Waals surface area (Å²) in [5.41, 5.74) is 0.139. The molecule has 0 bridgehead atoms. The molecule has 0 rings (SSSR count). The van der Waals surface area contributed by atoms with Gasteiger partial charge in [-0.3, -0.25) is 0 Å². The van der Waals surface area contributed by atoms with Crippen molar-refractivity contribution in [2.24, 2.45) is 5.41 Å². The highest BCUT2D eigenvalue weighted by Crippen LogP contribution is 2.28. The summed E-state index contributed by atoms with van der Waals surface area (Å²) in [5, 5.41) is 3.47. The molecule has 0 fully saturated rings. The van der Waals surface area contributed by atoms with Crippen LogP contribution in [0.15, 0.2) is 12.7 Å². The Morgan fingerprint density at radius 1 is 1.25 bits per heavy atom. The summed E-state index contributed by atoms with van der Waals surface area (Å²) >= 11 is 0. The normalized spacial score (nSPS) is 15.8. The third-order valence-corrected chi connectivity index (χ3v) is 3.30. The second-order valence-corrected chi connectivity index (χ2v) is 5.50. The highest BCUT2D eigenvalue weighted by molar-refractivity contribution is 4.94. The Morgan fingerprint density at radius 2 is 1.88 bits per heavy atom. The van der Waals surface area contributed by atoms with E-state index in [1.807, 2.05) is 0 Å². The van der Waals surface area contributed by atoms with Crippen LogP contribution in [0.25, 0.3) is 0 Å². The molecule has 0 aliphatic heterocycles. The Bertz CT molecular complexity index is 201. The monoisotopic (exact) mass is 227 g/mol. The molecule has 0 aromatic rings. The van der Waals surface area contributed by atoms with Gasteiger partial charge in [0.05, 0.1) is 5.60 Å². The van der Waals surface area contributed by atoms with Crippen LogP contribution in [0, 0.1) is 5.41 Å². The fourth-order valence-corrected chi connectivity index (χ4v) is 1.50. The van der Waals surface area contributed by atoms with E-state index >= 15 is 0 Å². The lowest BCUT2D eigenvalue weighted by Gasteiger charge is -2.31. The fourth-order valence-electron chi connectivity index (χ4n) is 1.50. The van der Waals surface area contributed by atoms with Gasteiger partial charge in [-0.25, -0.2) is 0 Å². The summed E-state index contributed by atoms with van der Waals surface area (Å²) in [5.74, 6) is 0. The van der Waals surface area contributed by atoms with Crippen molar-refractivity contribution in [3.63, 3.8) is 0 Å². The second-order valence-electron chi connectivity index (χ2n) is 5.50. The molecule has 0 amide bonds. The van der Waals surface area contributed by atoms with Crippen LogP contribution in [0.2, 0.25) is 0 Å². The first-order valence-electron chi connectivity index (χ1n) is 6.28. The van der Waals surface area contributed by atoms with E-state index < -0.39 is 0 Å². The topological polar surface area (TPSA) is 21.3 Å². The van der Waals surface area contributed by atoms with Crippen molar-refractivity contribution in [2.75, 3.05) is 20.2 Å². The molecule has 0 saturated heterocycles. The number of methoxy groups -OCH3 is 1. The quantitative estimate of drug-likeness (QED) is 0.481. The summed E-state index contributed by atoms with van der Waals surface area (Å²) in [7, 11) is 1.78. The lowest BCUT2D eigenvalue weighted by Crippen LogP contribution is -2.33. The van der Waals surface area contributed by atoms with Gasteiger partial charge in [-0.2, -0.15) is 0 Å². The summed E-state index contributed by atoms with van der Waals surface area (Å²) in [6.07, 6.45) is 5.41. The summed E-state index contributed by atoms with van der Waals surface area (Å²) in [4.78, 5) is 0. The van der Waals surface area contributed by atoms with Gasteiger partial charge in [0.25, 0.3) is 0 Å². The van der Waals surface area contributed by atoms with Crippen molar-refractivity contribution in [3.8, 4) is 0 Å². The van der Waals surface area contributed by atoms with Crippen molar-refractivity contribution in [3.05, 3.63) is 12.7 Å². The first-order valence-corrected chi connectivity index (χ1v) is 6.28. The van der Waals surface area contributed by atoms with Gasteiger partial charge >= 0.3 is 0 Å². The minimum Gasteiger partial charge on any atom is -0.379 e. The van der Waals surface area contributed by atoms with Gasteiger partial charge in [0.15, 0.2) is 0 Å². The van der Waals surface area contributed by atoms with Gasteiger partial charge in [-0.05, 0) is 45.1 Å². The number of nitrogens with one attached hydrogen (secondary N) is 1. The van der Waals surface area contributed by atoms with Gasteiger partial charge in [-0.15, -0.1) is 6.58 Å². The first-order chi connectivity index (χ1) is 7.39. The van der Waals surface area contributed by atoms with Crippen LogP contribution in [0.4, 0.5) is 0 Å². The molecule has 0 heterocycles. The summed E-state index contributed by atoms with van der Waals surface area (Å²) < 4.78 is 5.45. The lowest BCUT2D eigenvalue weighted by atomic mass is 9.82. The molecule has 0 spiro atoms. The third-order valence-electron chi connectivity index (χ3n) is 3.30. The molecule has 0 aromatic heterocycles. The molecule has 0 radical (unpaired) electrons. The average Bonchev–Trinajstić information content (AvgIpc) is 2.27. The highest BCUT2D eigenvalue weighted by atomic mass is 16.5. The van der Waals surface area contributed by atoms with Crippen molar-refractivity contribution in [1.82, 2.24) is 5.32 Å².